The van der Waals surface area contributed by atoms with E-state index in [9.17, 15) is 0 Å². The standard InChI is InChI=1S/C37H24N8/c1-2-11-20(10-1)21-18-9-19-28-29(21)37-44-35-27-17-8-7-16-26(27)33(42-35)40-31-23-13-4-3-12-22(23)30(38-31)39-32-24-14-5-6-15-25(24)34(41-32)43-36(28)45-37/h1-10,12-19H,11H2,(H4,38,39,40,41,42,43,44,45). The molecule has 212 valence electrons. The lowest BCUT2D eigenvalue weighted by atomic mass is 9.99. The lowest BCUT2D eigenvalue weighted by molar-refractivity contribution is 1.08. The van der Waals surface area contributed by atoms with Gasteiger partial charge in [-0.2, -0.15) is 0 Å². The molecule has 0 saturated heterocycles. The molecule has 10 rings (SSSR count). The van der Waals surface area contributed by atoms with E-state index in [1.807, 2.05) is 36.4 Å². The van der Waals surface area contributed by atoms with Crippen molar-refractivity contribution in [3.8, 4) is 0 Å². The van der Waals surface area contributed by atoms with Crippen LogP contribution in [0.15, 0.2) is 129 Å². The molecular formula is C37H24N8. The summed E-state index contributed by atoms with van der Waals surface area (Å²) < 4.78 is 0. The van der Waals surface area contributed by atoms with Crippen molar-refractivity contribution in [3.05, 3.63) is 137 Å². The van der Waals surface area contributed by atoms with Crippen LogP contribution in [0.3, 0.4) is 0 Å². The van der Waals surface area contributed by atoms with Gasteiger partial charge >= 0.3 is 0 Å². The summed E-state index contributed by atoms with van der Waals surface area (Å²) in [7, 11) is 0. The molecule has 4 N–H and O–H groups in total. The SMILES string of the molecule is C1=CCC(c2cccc3c4[nH]c(c23)N=c2[nH]c(c3ccccc23)=Nc2[nH]c(c3ccccc23)N=c2[nH]c(c3ccccc23)=N4)=C1. The number of H-pyrrole nitrogens is 4. The average molecular weight is 581 g/mol. The Morgan fingerprint density at radius 1 is 0.422 bits per heavy atom. The molecule has 1 aliphatic heterocycles. The molecule has 8 heteroatoms. The third kappa shape index (κ3) is 3.59. The van der Waals surface area contributed by atoms with Crippen molar-refractivity contribution in [1.29, 1.82) is 0 Å². The molecule has 5 heterocycles. The number of rotatable bonds is 1. The van der Waals surface area contributed by atoms with Crippen molar-refractivity contribution in [2.75, 3.05) is 0 Å². The summed E-state index contributed by atoms with van der Waals surface area (Å²) >= 11 is 0. The summed E-state index contributed by atoms with van der Waals surface area (Å²) in [4.78, 5) is 35.0. The number of hydrogen-bond acceptors (Lipinski definition) is 4. The van der Waals surface area contributed by atoms with Crippen LogP contribution in [0.5, 0.6) is 0 Å². The fourth-order valence-electron chi connectivity index (χ4n) is 6.74. The maximum atomic E-state index is 5.27. The van der Waals surface area contributed by atoms with E-state index in [-0.39, 0.29) is 0 Å². The van der Waals surface area contributed by atoms with Gasteiger partial charge in [0.25, 0.3) is 0 Å². The van der Waals surface area contributed by atoms with Crippen LogP contribution in [-0.2, 0) is 0 Å². The average Bonchev–Trinajstić information content (AvgIpc) is 3.91. The number of nitrogens with zero attached hydrogens (tertiary/aromatic N) is 4. The predicted molar refractivity (Wildman–Crippen MR) is 178 cm³/mol. The zero-order chi connectivity index (χ0) is 29.5. The molecule has 8 nitrogen and oxygen atoms in total. The van der Waals surface area contributed by atoms with Gasteiger partial charge in [-0.1, -0.05) is 109 Å². The van der Waals surface area contributed by atoms with Crippen LogP contribution in [0.25, 0.3) is 48.7 Å². The molecule has 8 aromatic rings. The summed E-state index contributed by atoms with van der Waals surface area (Å²) in [5.74, 6) is 2.93. The van der Waals surface area contributed by atoms with E-state index in [1.54, 1.807) is 0 Å². The molecule has 0 fully saturated rings. The molecule has 1 aliphatic carbocycles. The number of hydrogen-bond donors (Lipinski definition) is 4. The van der Waals surface area contributed by atoms with Gasteiger partial charge in [0, 0.05) is 43.1 Å². The van der Waals surface area contributed by atoms with E-state index < -0.39 is 0 Å². The molecule has 8 bridgehead atoms. The number of fused-ring (bicyclic) bond motifs is 20. The quantitative estimate of drug-likeness (QED) is 0.159. The van der Waals surface area contributed by atoms with E-state index in [0.29, 0.717) is 0 Å². The number of aromatic amines is 4. The van der Waals surface area contributed by atoms with Gasteiger partial charge in [-0.3, -0.25) is 0 Å². The number of benzene rings is 4. The molecule has 2 aliphatic rings. The minimum atomic E-state index is 0.728. The van der Waals surface area contributed by atoms with Crippen LogP contribution >= 0.6 is 0 Å². The largest absolute Gasteiger partial charge is 0.324 e. The third-order valence-corrected chi connectivity index (χ3v) is 8.83. The fraction of sp³-hybridized carbons (Fsp3) is 0.0270. The Kier molecular flexibility index (Phi) is 4.90. The highest BCUT2D eigenvalue weighted by molar-refractivity contribution is 6.07. The maximum absolute atomic E-state index is 5.27. The normalized spacial score (nSPS) is 14.0. The van der Waals surface area contributed by atoms with Crippen molar-refractivity contribution in [3.63, 3.8) is 0 Å². The van der Waals surface area contributed by atoms with Crippen LogP contribution in [0.2, 0.25) is 0 Å². The maximum Gasteiger partial charge on any atom is 0.142 e. The Balaban J connectivity index is 1.41. The van der Waals surface area contributed by atoms with E-state index >= 15 is 0 Å². The number of allylic oxidation sites excluding steroid dienone is 4. The zero-order valence-electron chi connectivity index (χ0n) is 23.9. The van der Waals surface area contributed by atoms with Crippen molar-refractivity contribution >= 4 is 71.9 Å². The van der Waals surface area contributed by atoms with Crippen LogP contribution in [0.4, 0.5) is 23.3 Å². The highest BCUT2D eigenvalue weighted by Crippen LogP contribution is 2.40. The van der Waals surface area contributed by atoms with E-state index in [2.05, 4.69) is 92.8 Å². The molecule has 0 amide bonds. The molecule has 0 spiro atoms. The molecule has 45 heavy (non-hydrogen) atoms. The van der Waals surface area contributed by atoms with E-state index in [4.69, 9.17) is 20.0 Å². The molecule has 4 aromatic carbocycles. The Labute approximate surface area is 254 Å². The van der Waals surface area contributed by atoms with Gasteiger partial charge in [0.1, 0.15) is 45.2 Å². The summed E-state index contributed by atoms with van der Waals surface area (Å²) in [5, 5.41) is 7.96. The molecule has 0 saturated carbocycles. The highest BCUT2D eigenvalue weighted by Gasteiger charge is 2.18. The minimum Gasteiger partial charge on any atom is -0.324 e. The Hall–Kier alpha value is -6.28. The summed E-state index contributed by atoms with van der Waals surface area (Å²) in [5.41, 5.74) is 5.31. The topological polar surface area (TPSA) is 113 Å². The van der Waals surface area contributed by atoms with Gasteiger partial charge in [0.05, 0.1) is 0 Å². The first-order valence-corrected chi connectivity index (χ1v) is 15.0. The Morgan fingerprint density at radius 3 is 1.38 bits per heavy atom. The van der Waals surface area contributed by atoms with Crippen LogP contribution in [-0.4, -0.2) is 19.9 Å². The minimum absolute atomic E-state index is 0.728. The monoisotopic (exact) mass is 580 g/mol. The van der Waals surface area contributed by atoms with Gasteiger partial charge in [0.15, 0.2) is 0 Å². The molecule has 0 atom stereocenters. The molecule has 0 radical (unpaired) electrons. The van der Waals surface area contributed by atoms with Crippen molar-refractivity contribution in [2.45, 2.75) is 6.42 Å². The van der Waals surface area contributed by atoms with E-state index in [1.165, 1.54) is 5.57 Å². The third-order valence-electron chi connectivity index (χ3n) is 8.83. The second-order valence-electron chi connectivity index (χ2n) is 11.4. The molecule has 0 unspecified atom stereocenters. The second kappa shape index (κ2) is 9.11. The first-order chi connectivity index (χ1) is 22.3. The lowest BCUT2D eigenvalue weighted by Crippen LogP contribution is -2.10. The lowest BCUT2D eigenvalue weighted by Gasteiger charge is -2.05. The summed E-state index contributed by atoms with van der Waals surface area (Å²) in [6.45, 7) is 0. The zero-order valence-corrected chi connectivity index (χ0v) is 23.9. The Morgan fingerprint density at radius 2 is 0.867 bits per heavy atom. The highest BCUT2D eigenvalue weighted by atomic mass is 15.1. The van der Waals surface area contributed by atoms with Gasteiger partial charge in [0.2, 0.25) is 0 Å². The van der Waals surface area contributed by atoms with Crippen molar-refractivity contribution in [1.82, 2.24) is 19.9 Å². The summed E-state index contributed by atoms with van der Waals surface area (Å²) in [6, 6.07) is 31.0. The van der Waals surface area contributed by atoms with Crippen LogP contribution in [0.1, 0.15) is 12.0 Å². The van der Waals surface area contributed by atoms with Gasteiger partial charge in [-0.25, -0.2) is 20.0 Å². The first kappa shape index (κ1) is 24.2. The van der Waals surface area contributed by atoms with Crippen LogP contribution in [0, 0.1) is 0 Å². The number of aromatic nitrogens is 4. The summed E-state index contributed by atoms with van der Waals surface area (Å²) in [6.07, 6.45) is 7.35. The fourth-order valence-corrected chi connectivity index (χ4v) is 6.74. The van der Waals surface area contributed by atoms with E-state index in [0.717, 1.165) is 100 Å². The smallest absolute Gasteiger partial charge is 0.142 e. The first-order valence-electron chi connectivity index (χ1n) is 15.0. The van der Waals surface area contributed by atoms with Gasteiger partial charge < -0.3 is 19.9 Å². The van der Waals surface area contributed by atoms with Crippen molar-refractivity contribution < 1.29 is 0 Å². The second-order valence-corrected chi connectivity index (χ2v) is 11.4. The van der Waals surface area contributed by atoms with Crippen LogP contribution < -0.4 is 22.0 Å². The van der Waals surface area contributed by atoms with Gasteiger partial charge in [-0.05, 0) is 17.6 Å². The van der Waals surface area contributed by atoms with Crippen molar-refractivity contribution in [2.24, 2.45) is 20.0 Å². The Bertz CT molecular complexity index is 2850. The molecule has 4 aromatic heterocycles. The number of nitrogens with one attached hydrogen (secondary N) is 4. The molecular weight excluding hydrogens is 556 g/mol. The van der Waals surface area contributed by atoms with Gasteiger partial charge in [-0.15, -0.1) is 0 Å². The predicted octanol–water partition coefficient (Wildman–Crippen LogP) is 7.07.